The average Bonchev–Trinajstić information content (AvgIpc) is 2.70. The van der Waals surface area contributed by atoms with Gasteiger partial charge in [0.25, 0.3) is 5.91 Å². The zero-order valence-electron chi connectivity index (χ0n) is 15.8. The Morgan fingerprint density at radius 2 is 1.70 bits per heavy atom. The molecule has 2 atom stereocenters. The molecule has 0 aliphatic carbocycles. The van der Waals surface area contributed by atoms with Gasteiger partial charge in [0.15, 0.2) is 12.7 Å². The molecule has 0 radical (unpaired) electrons. The molecule has 0 spiro atoms. The van der Waals surface area contributed by atoms with Crippen molar-refractivity contribution in [1.29, 1.82) is 0 Å². The molecular weight excluding hydrogens is 346 g/mol. The number of hydrogen-bond acceptors (Lipinski definition) is 4. The van der Waals surface area contributed by atoms with Crippen molar-refractivity contribution in [3.8, 4) is 5.75 Å². The number of likely N-dealkylation sites (N-methyl/N-ethyl adjacent to an activating group) is 1. The van der Waals surface area contributed by atoms with E-state index in [1.54, 1.807) is 36.2 Å². The van der Waals surface area contributed by atoms with Crippen molar-refractivity contribution >= 4 is 11.9 Å². The molecule has 0 heterocycles. The molecule has 2 aromatic carbocycles. The minimum Gasteiger partial charge on any atom is -0.484 e. The third-order valence-corrected chi connectivity index (χ3v) is 4.52. The first-order valence-electron chi connectivity index (χ1n) is 8.70. The predicted molar refractivity (Wildman–Crippen MR) is 102 cm³/mol. The molecule has 0 aliphatic heterocycles. The van der Waals surface area contributed by atoms with Crippen LogP contribution in [0.4, 0.5) is 0 Å². The van der Waals surface area contributed by atoms with Crippen LogP contribution in [0.2, 0.25) is 0 Å². The lowest BCUT2D eigenvalue weighted by atomic mass is 10.1. The third-order valence-electron chi connectivity index (χ3n) is 4.52. The monoisotopic (exact) mass is 371 g/mol. The Balaban J connectivity index is 1.88. The fraction of sp³-hybridized carbons (Fsp3) is 0.333. The maximum Gasteiger partial charge on any atom is 0.333 e. The van der Waals surface area contributed by atoms with E-state index in [1.807, 2.05) is 37.3 Å². The average molecular weight is 371 g/mol. The van der Waals surface area contributed by atoms with E-state index in [0.717, 1.165) is 11.1 Å². The van der Waals surface area contributed by atoms with E-state index in [2.05, 4.69) is 0 Å². The van der Waals surface area contributed by atoms with Gasteiger partial charge in [-0.25, -0.2) is 4.79 Å². The van der Waals surface area contributed by atoms with E-state index in [9.17, 15) is 9.59 Å². The number of rotatable bonds is 9. The lowest BCUT2D eigenvalue weighted by molar-refractivity contribution is -0.148. The highest BCUT2D eigenvalue weighted by atomic mass is 16.5. The summed E-state index contributed by atoms with van der Waals surface area (Å²) < 4.78 is 10.5. The number of amides is 1. The van der Waals surface area contributed by atoms with E-state index < -0.39 is 12.1 Å². The Morgan fingerprint density at radius 3 is 2.26 bits per heavy atom. The molecule has 0 fully saturated rings. The zero-order chi connectivity index (χ0) is 19.8. The zero-order valence-corrected chi connectivity index (χ0v) is 15.8. The minimum atomic E-state index is -1.00. The number of carbonyl (C=O) groups excluding carboxylic acids is 1. The standard InChI is InChI=1S/C21H25NO5/c1-15(17-7-5-4-6-8-17)22(2)20(23)14-27-18-11-9-16(10-12-18)13-19(26-3)21(24)25/h4-12,15,19H,13-14H2,1-3H3,(H,24,25). The van der Waals surface area contributed by atoms with Crippen molar-refractivity contribution in [2.45, 2.75) is 25.5 Å². The second-order valence-corrected chi connectivity index (χ2v) is 6.29. The summed E-state index contributed by atoms with van der Waals surface area (Å²) in [6.45, 7) is 1.90. The van der Waals surface area contributed by atoms with Crippen LogP contribution in [0.3, 0.4) is 0 Å². The molecule has 2 rings (SSSR count). The van der Waals surface area contributed by atoms with E-state index in [0.29, 0.717) is 5.75 Å². The second-order valence-electron chi connectivity index (χ2n) is 6.29. The van der Waals surface area contributed by atoms with E-state index in [1.165, 1.54) is 7.11 Å². The summed E-state index contributed by atoms with van der Waals surface area (Å²) in [5.74, 6) is -0.572. The Labute approximate surface area is 159 Å². The number of benzene rings is 2. The maximum atomic E-state index is 12.4. The van der Waals surface area contributed by atoms with Gasteiger partial charge in [0.2, 0.25) is 0 Å². The van der Waals surface area contributed by atoms with Crippen LogP contribution in [0.15, 0.2) is 54.6 Å². The van der Waals surface area contributed by atoms with E-state index >= 15 is 0 Å². The van der Waals surface area contributed by atoms with Gasteiger partial charge in [0, 0.05) is 20.6 Å². The van der Waals surface area contributed by atoms with Crippen LogP contribution in [0.25, 0.3) is 0 Å². The fourth-order valence-electron chi connectivity index (χ4n) is 2.63. The van der Waals surface area contributed by atoms with Crippen LogP contribution < -0.4 is 4.74 Å². The quantitative estimate of drug-likeness (QED) is 0.733. The Bertz CT molecular complexity index is 745. The van der Waals surface area contributed by atoms with Crippen LogP contribution in [0.5, 0.6) is 5.75 Å². The van der Waals surface area contributed by atoms with Gasteiger partial charge >= 0.3 is 5.97 Å². The molecule has 6 nitrogen and oxygen atoms in total. The number of carbonyl (C=O) groups is 2. The van der Waals surface area contributed by atoms with E-state index in [-0.39, 0.29) is 25.0 Å². The highest BCUT2D eigenvalue weighted by Gasteiger charge is 2.18. The highest BCUT2D eigenvalue weighted by Crippen LogP contribution is 2.19. The molecule has 0 aromatic heterocycles. The summed E-state index contributed by atoms with van der Waals surface area (Å²) in [5.41, 5.74) is 1.88. The number of carboxylic acids is 1. The molecule has 0 saturated carbocycles. The first-order chi connectivity index (χ1) is 12.9. The van der Waals surface area contributed by atoms with Gasteiger partial charge in [-0.05, 0) is 30.2 Å². The molecule has 0 saturated heterocycles. The molecule has 144 valence electrons. The van der Waals surface area contributed by atoms with Crippen molar-refractivity contribution in [2.75, 3.05) is 20.8 Å². The van der Waals surface area contributed by atoms with Crippen LogP contribution in [0.1, 0.15) is 24.1 Å². The molecule has 27 heavy (non-hydrogen) atoms. The van der Waals surface area contributed by atoms with Crippen molar-refractivity contribution in [3.63, 3.8) is 0 Å². The largest absolute Gasteiger partial charge is 0.484 e. The van der Waals surface area contributed by atoms with Crippen LogP contribution in [-0.4, -0.2) is 48.8 Å². The number of carboxylic acid groups (broad SMARTS) is 1. The van der Waals surface area contributed by atoms with Crippen molar-refractivity contribution < 1.29 is 24.2 Å². The van der Waals surface area contributed by atoms with Gasteiger partial charge in [0.1, 0.15) is 5.75 Å². The molecule has 0 aliphatic rings. The molecule has 1 N–H and O–H groups in total. The Kier molecular flexibility index (Phi) is 7.37. The van der Waals surface area contributed by atoms with Gasteiger partial charge in [-0.15, -0.1) is 0 Å². The molecule has 2 aromatic rings. The number of hydrogen-bond donors (Lipinski definition) is 1. The summed E-state index contributed by atoms with van der Waals surface area (Å²) in [5, 5.41) is 9.02. The number of aliphatic carboxylic acids is 1. The van der Waals surface area contributed by atoms with Crippen LogP contribution in [0, 0.1) is 0 Å². The maximum absolute atomic E-state index is 12.4. The second kappa shape index (κ2) is 9.73. The molecular formula is C21H25NO5. The number of methoxy groups -OCH3 is 1. The normalized spacial score (nSPS) is 12.9. The van der Waals surface area contributed by atoms with Crippen molar-refractivity contribution in [3.05, 3.63) is 65.7 Å². The molecule has 0 bridgehead atoms. The first-order valence-corrected chi connectivity index (χ1v) is 8.70. The van der Waals surface area contributed by atoms with Gasteiger partial charge in [-0.3, -0.25) is 4.79 Å². The smallest absolute Gasteiger partial charge is 0.333 e. The molecule has 2 unspecified atom stereocenters. The fourth-order valence-corrected chi connectivity index (χ4v) is 2.63. The lowest BCUT2D eigenvalue weighted by Gasteiger charge is -2.25. The Morgan fingerprint density at radius 1 is 1.07 bits per heavy atom. The summed E-state index contributed by atoms with van der Waals surface area (Å²) in [6, 6.07) is 16.7. The summed E-state index contributed by atoms with van der Waals surface area (Å²) in [4.78, 5) is 25.0. The predicted octanol–water partition coefficient (Wildman–Crippen LogP) is 2.93. The molecule has 1 amide bonds. The SMILES string of the molecule is COC(Cc1ccc(OCC(=O)N(C)C(C)c2ccccc2)cc1)C(=O)O. The Hall–Kier alpha value is -2.86. The summed E-state index contributed by atoms with van der Waals surface area (Å²) >= 11 is 0. The summed E-state index contributed by atoms with van der Waals surface area (Å²) in [7, 11) is 3.12. The minimum absolute atomic E-state index is 0.0494. The molecule has 6 heteroatoms. The van der Waals surface area contributed by atoms with Gasteiger partial charge in [-0.2, -0.15) is 0 Å². The van der Waals surface area contributed by atoms with Crippen molar-refractivity contribution in [2.24, 2.45) is 0 Å². The number of nitrogens with zero attached hydrogens (tertiary/aromatic N) is 1. The van der Waals surface area contributed by atoms with Crippen molar-refractivity contribution in [1.82, 2.24) is 4.90 Å². The summed E-state index contributed by atoms with van der Waals surface area (Å²) in [6.07, 6.45) is -0.617. The van der Waals surface area contributed by atoms with Gasteiger partial charge in [0.05, 0.1) is 6.04 Å². The highest BCUT2D eigenvalue weighted by molar-refractivity contribution is 5.78. The van der Waals surface area contributed by atoms with Crippen LogP contribution in [-0.2, 0) is 20.7 Å². The first kappa shape index (κ1) is 20.5. The third kappa shape index (κ3) is 5.82. The number of ether oxygens (including phenoxy) is 2. The van der Waals surface area contributed by atoms with Crippen LogP contribution >= 0.6 is 0 Å². The lowest BCUT2D eigenvalue weighted by Crippen LogP contribution is -2.33. The topological polar surface area (TPSA) is 76.1 Å². The van der Waals surface area contributed by atoms with E-state index in [4.69, 9.17) is 14.6 Å². The van der Waals surface area contributed by atoms with Gasteiger partial charge < -0.3 is 19.5 Å². The van der Waals surface area contributed by atoms with Gasteiger partial charge in [-0.1, -0.05) is 42.5 Å².